The van der Waals surface area contributed by atoms with Crippen LogP contribution in [-0.4, -0.2) is 53.7 Å². The molecule has 0 unspecified atom stereocenters. The van der Waals surface area contributed by atoms with Gasteiger partial charge < -0.3 is 10.4 Å². The molecule has 1 fully saturated rings. The highest BCUT2D eigenvalue weighted by Crippen LogP contribution is 2.24. The van der Waals surface area contributed by atoms with Crippen LogP contribution in [0.25, 0.3) is 0 Å². The van der Waals surface area contributed by atoms with Gasteiger partial charge in [0, 0.05) is 19.6 Å². The van der Waals surface area contributed by atoms with Gasteiger partial charge in [-0.3, -0.25) is 15.0 Å². The predicted octanol–water partition coefficient (Wildman–Crippen LogP) is 0.0690. The number of imide groups is 1. The lowest BCUT2D eigenvalue weighted by Gasteiger charge is -2.46. The summed E-state index contributed by atoms with van der Waals surface area (Å²) in [4.78, 5) is 24.5. The Hall–Kier alpha value is -1.14. The number of rotatable bonds is 6. The maximum atomic E-state index is 11.5. The second kappa shape index (κ2) is 6.70. The summed E-state index contributed by atoms with van der Waals surface area (Å²) >= 11 is 0. The Balaban J connectivity index is 2.17. The van der Waals surface area contributed by atoms with E-state index < -0.39 is 11.6 Å². The van der Waals surface area contributed by atoms with Gasteiger partial charge in [0.1, 0.15) is 0 Å². The Morgan fingerprint density at radius 2 is 1.94 bits per heavy atom. The van der Waals surface area contributed by atoms with E-state index in [4.69, 9.17) is 0 Å². The van der Waals surface area contributed by atoms with E-state index in [1.807, 2.05) is 18.7 Å². The van der Waals surface area contributed by atoms with Crippen LogP contribution in [0, 0.1) is 0 Å². The van der Waals surface area contributed by atoms with Crippen molar-refractivity contribution in [3.8, 4) is 0 Å². The summed E-state index contributed by atoms with van der Waals surface area (Å²) in [5, 5.41) is 14.8. The summed E-state index contributed by atoms with van der Waals surface area (Å²) in [6, 6.07) is -0.453. The van der Waals surface area contributed by atoms with Crippen molar-refractivity contribution < 1.29 is 14.7 Å². The van der Waals surface area contributed by atoms with E-state index in [2.05, 4.69) is 10.6 Å². The van der Waals surface area contributed by atoms with Crippen LogP contribution in [0.5, 0.6) is 0 Å². The maximum Gasteiger partial charge on any atom is 0.321 e. The van der Waals surface area contributed by atoms with Gasteiger partial charge in [-0.2, -0.15) is 0 Å². The topological polar surface area (TPSA) is 81.7 Å². The number of urea groups is 1. The molecule has 0 aromatic heterocycles. The highest BCUT2D eigenvalue weighted by molar-refractivity contribution is 5.95. The Morgan fingerprint density at radius 1 is 1.28 bits per heavy atom. The fraction of sp³-hybridized carbons (Fsp3) is 0.833. The van der Waals surface area contributed by atoms with Gasteiger partial charge in [-0.05, 0) is 12.8 Å². The lowest BCUT2D eigenvalue weighted by atomic mass is 9.89. The molecule has 0 radical (unpaired) electrons. The number of hydrogen-bond acceptors (Lipinski definition) is 4. The van der Waals surface area contributed by atoms with E-state index in [0.29, 0.717) is 19.6 Å². The van der Waals surface area contributed by atoms with Crippen LogP contribution in [0.3, 0.4) is 0 Å². The minimum atomic E-state index is -0.639. The second-order valence-corrected chi connectivity index (χ2v) is 4.92. The number of likely N-dealkylation sites (tertiary alicyclic amines) is 1. The van der Waals surface area contributed by atoms with Crippen molar-refractivity contribution in [2.24, 2.45) is 0 Å². The number of hydrogen-bond donors (Lipinski definition) is 3. The number of amides is 3. The molecule has 0 saturated carbocycles. The molecule has 0 atom stereocenters. The largest absolute Gasteiger partial charge is 0.387 e. The zero-order valence-electron chi connectivity index (χ0n) is 11.2. The zero-order valence-corrected chi connectivity index (χ0v) is 11.2. The van der Waals surface area contributed by atoms with E-state index in [1.54, 1.807) is 0 Å². The Bertz CT molecular complexity index is 301. The van der Waals surface area contributed by atoms with Crippen molar-refractivity contribution in [3.05, 3.63) is 0 Å². The first-order chi connectivity index (χ1) is 8.49. The maximum absolute atomic E-state index is 11.5. The van der Waals surface area contributed by atoms with Crippen molar-refractivity contribution in [2.45, 2.75) is 38.7 Å². The fourth-order valence-electron chi connectivity index (χ4n) is 2.17. The summed E-state index contributed by atoms with van der Waals surface area (Å²) in [5.41, 5.74) is -0.639. The van der Waals surface area contributed by atoms with Gasteiger partial charge in [-0.1, -0.05) is 20.3 Å². The normalized spacial score (nSPS) is 17.9. The van der Waals surface area contributed by atoms with Crippen LogP contribution in [0.1, 0.15) is 33.1 Å². The Morgan fingerprint density at radius 3 is 2.50 bits per heavy atom. The van der Waals surface area contributed by atoms with E-state index in [1.165, 1.54) is 0 Å². The molecule has 1 heterocycles. The quantitative estimate of drug-likeness (QED) is 0.629. The first-order valence-electron chi connectivity index (χ1n) is 6.51. The molecule has 0 aliphatic carbocycles. The van der Waals surface area contributed by atoms with Gasteiger partial charge in [0.2, 0.25) is 5.91 Å². The van der Waals surface area contributed by atoms with Crippen molar-refractivity contribution >= 4 is 11.9 Å². The molecule has 0 aromatic carbocycles. The lowest BCUT2D eigenvalue weighted by Crippen LogP contribution is -2.63. The molecule has 0 bridgehead atoms. The monoisotopic (exact) mass is 257 g/mol. The number of nitrogens with zero attached hydrogens (tertiary/aromatic N) is 1. The number of aliphatic hydroxyl groups is 1. The highest BCUT2D eigenvalue weighted by atomic mass is 16.3. The molecule has 18 heavy (non-hydrogen) atoms. The fourth-order valence-corrected chi connectivity index (χ4v) is 2.17. The van der Waals surface area contributed by atoms with E-state index in [0.717, 1.165) is 19.3 Å². The highest BCUT2D eigenvalue weighted by Gasteiger charge is 2.40. The van der Waals surface area contributed by atoms with E-state index in [9.17, 15) is 14.7 Å². The molecule has 1 aliphatic rings. The van der Waals surface area contributed by atoms with Crippen LogP contribution in [0.2, 0.25) is 0 Å². The average molecular weight is 257 g/mol. The third-order valence-corrected chi connectivity index (χ3v) is 2.91. The first kappa shape index (κ1) is 14.9. The van der Waals surface area contributed by atoms with Gasteiger partial charge in [0.25, 0.3) is 0 Å². The molecule has 0 aromatic rings. The Labute approximate surface area is 108 Å². The van der Waals surface area contributed by atoms with E-state index in [-0.39, 0.29) is 12.5 Å². The van der Waals surface area contributed by atoms with Crippen LogP contribution >= 0.6 is 0 Å². The number of carbonyl (C=O) groups is 2. The average Bonchev–Trinajstić information content (AvgIpc) is 2.24. The molecule has 6 heteroatoms. The smallest absolute Gasteiger partial charge is 0.321 e. The van der Waals surface area contributed by atoms with Crippen LogP contribution in [0.15, 0.2) is 0 Å². The van der Waals surface area contributed by atoms with Gasteiger partial charge >= 0.3 is 6.03 Å². The summed E-state index contributed by atoms with van der Waals surface area (Å²) in [7, 11) is 0. The molecule has 6 nitrogen and oxygen atoms in total. The van der Waals surface area contributed by atoms with Crippen molar-refractivity contribution in [2.75, 3.05) is 26.2 Å². The second-order valence-electron chi connectivity index (χ2n) is 4.92. The summed E-state index contributed by atoms with van der Waals surface area (Å²) in [5.74, 6) is -0.331. The third-order valence-electron chi connectivity index (χ3n) is 2.91. The predicted molar refractivity (Wildman–Crippen MR) is 68.1 cm³/mol. The van der Waals surface area contributed by atoms with Crippen molar-refractivity contribution in [1.82, 2.24) is 15.5 Å². The molecule has 1 saturated heterocycles. The molecular weight excluding hydrogens is 234 g/mol. The number of carbonyl (C=O) groups excluding carboxylic acids is 2. The molecule has 0 spiro atoms. The molecule has 3 N–H and O–H groups in total. The van der Waals surface area contributed by atoms with Gasteiger partial charge in [0.05, 0.1) is 12.1 Å². The molecule has 1 rings (SSSR count). The zero-order chi connectivity index (χ0) is 13.6. The molecule has 1 aliphatic heterocycles. The van der Waals surface area contributed by atoms with Crippen LogP contribution in [0.4, 0.5) is 4.79 Å². The molecule has 104 valence electrons. The molecular formula is C12H23N3O3. The first-order valence-corrected chi connectivity index (χ1v) is 6.51. The summed E-state index contributed by atoms with van der Waals surface area (Å²) in [6.07, 6.45) is 2.51. The van der Waals surface area contributed by atoms with Crippen molar-refractivity contribution in [1.29, 1.82) is 0 Å². The minimum absolute atomic E-state index is 0.158. The number of nitrogens with one attached hydrogen (secondary N) is 2. The van der Waals surface area contributed by atoms with Gasteiger partial charge in [-0.25, -0.2) is 4.79 Å². The van der Waals surface area contributed by atoms with Crippen LogP contribution in [-0.2, 0) is 4.79 Å². The molecule has 3 amide bonds. The lowest BCUT2D eigenvalue weighted by molar-refractivity contribution is -0.132. The Kier molecular flexibility index (Phi) is 5.55. The minimum Gasteiger partial charge on any atom is -0.387 e. The standard InChI is InChI=1S/C12H23N3O3/c1-3-5-12(18)8-15(9-12)7-10(16)14-11(17)13-6-4-2/h18H,3-9H2,1-2H3,(H2,13,14,16,17). The summed E-state index contributed by atoms with van der Waals surface area (Å²) < 4.78 is 0. The van der Waals surface area contributed by atoms with Crippen LogP contribution < -0.4 is 10.6 Å². The van der Waals surface area contributed by atoms with E-state index >= 15 is 0 Å². The number of β-amino-alcohol motifs (C(OH)–C–C–N with tert-alkyl or cyclic N) is 1. The third kappa shape index (κ3) is 4.62. The van der Waals surface area contributed by atoms with Gasteiger partial charge in [-0.15, -0.1) is 0 Å². The SMILES string of the molecule is CCCNC(=O)NC(=O)CN1CC(O)(CCC)C1. The summed E-state index contributed by atoms with van der Waals surface area (Å²) in [6.45, 7) is 5.68. The van der Waals surface area contributed by atoms with Gasteiger partial charge in [0.15, 0.2) is 0 Å². The van der Waals surface area contributed by atoms with Crippen molar-refractivity contribution in [3.63, 3.8) is 0 Å².